The second-order valence-corrected chi connectivity index (χ2v) is 8.17. The van der Waals surface area contributed by atoms with Crippen LogP contribution in [0.2, 0.25) is 0 Å². The van der Waals surface area contributed by atoms with Gasteiger partial charge in [0.2, 0.25) is 10.0 Å². The quantitative estimate of drug-likeness (QED) is 0.722. The van der Waals surface area contributed by atoms with Crippen molar-refractivity contribution < 1.29 is 13.2 Å². The Kier molecular flexibility index (Phi) is 6.98. The molecule has 6 heteroatoms. The zero-order valence-corrected chi connectivity index (χ0v) is 16.2. The number of sulfonamides is 1. The molecule has 24 heavy (non-hydrogen) atoms. The smallest absolute Gasteiger partial charge is 0.241 e. The monoisotopic (exact) mass is 411 g/mol. The van der Waals surface area contributed by atoms with Crippen LogP contribution in [0.4, 0.5) is 0 Å². The van der Waals surface area contributed by atoms with E-state index in [9.17, 15) is 8.42 Å². The number of ether oxygens (including phenoxy) is 1. The maximum absolute atomic E-state index is 12.8. The molecule has 1 N–H and O–H groups in total. The van der Waals surface area contributed by atoms with Gasteiger partial charge in [-0.2, -0.15) is 0 Å². The first-order chi connectivity index (χ1) is 11.5. The lowest BCUT2D eigenvalue weighted by atomic mass is 10.1. The van der Waals surface area contributed by atoms with Crippen LogP contribution < -0.4 is 4.72 Å². The van der Waals surface area contributed by atoms with Crippen LogP contribution in [-0.4, -0.2) is 28.2 Å². The minimum absolute atomic E-state index is 0.312. The van der Waals surface area contributed by atoms with Crippen LogP contribution in [0.5, 0.6) is 0 Å². The SMILES string of the molecule is CCc1cc(Br)ccc1S(=O)(=O)NC(COC)Cc1ccccc1. The minimum atomic E-state index is -3.61. The first kappa shape index (κ1) is 19.1. The zero-order chi connectivity index (χ0) is 17.6. The Bertz CT molecular complexity index is 763. The van der Waals surface area contributed by atoms with Gasteiger partial charge in [0, 0.05) is 17.6 Å². The van der Waals surface area contributed by atoms with Crippen molar-refractivity contribution in [1.82, 2.24) is 4.72 Å². The topological polar surface area (TPSA) is 55.4 Å². The highest BCUT2D eigenvalue weighted by atomic mass is 79.9. The summed E-state index contributed by atoms with van der Waals surface area (Å²) in [5.41, 5.74) is 1.85. The van der Waals surface area contributed by atoms with E-state index >= 15 is 0 Å². The summed E-state index contributed by atoms with van der Waals surface area (Å²) >= 11 is 3.39. The summed E-state index contributed by atoms with van der Waals surface area (Å²) in [6.45, 7) is 2.25. The molecule has 0 aromatic heterocycles. The molecule has 1 unspecified atom stereocenters. The number of rotatable bonds is 8. The average molecular weight is 412 g/mol. The lowest BCUT2D eigenvalue weighted by molar-refractivity contribution is 0.174. The van der Waals surface area contributed by atoms with Gasteiger partial charge < -0.3 is 4.74 Å². The van der Waals surface area contributed by atoms with E-state index in [1.165, 1.54) is 0 Å². The van der Waals surface area contributed by atoms with E-state index in [1.807, 2.05) is 43.3 Å². The highest BCUT2D eigenvalue weighted by Crippen LogP contribution is 2.22. The molecule has 0 aliphatic carbocycles. The predicted molar refractivity (Wildman–Crippen MR) is 99.7 cm³/mol. The van der Waals surface area contributed by atoms with Crippen molar-refractivity contribution in [3.8, 4) is 0 Å². The van der Waals surface area contributed by atoms with Crippen molar-refractivity contribution >= 4 is 26.0 Å². The maximum atomic E-state index is 12.8. The van der Waals surface area contributed by atoms with E-state index < -0.39 is 10.0 Å². The second-order valence-electron chi connectivity index (χ2n) is 5.57. The third-order valence-electron chi connectivity index (χ3n) is 3.71. The van der Waals surface area contributed by atoms with Gasteiger partial charge in [0.15, 0.2) is 0 Å². The number of halogens is 1. The van der Waals surface area contributed by atoms with Gasteiger partial charge >= 0.3 is 0 Å². The number of aryl methyl sites for hydroxylation is 1. The third-order valence-corrected chi connectivity index (χ3v) is 5.82. The van der Waals surface area contributed by atoms with E-state index in [2.05, 4.69) is 20.7 Å². The van der Waals surface area contributed by atoms with Crippen molar-refractivity contribution in [2.45, 2.75) is 30.7 Å². The number of hydrogen-bond donors (Lipinski definition) is 1. The summed E-state index contributed by atoms with van der Waals surface area (Å²) in [7, 11) is -2.04. The number of nitrogens with one attached hydrogen (secondary N) is 1. The maximum Gasteiger partial charge on any atom is 0.241 e. The van der Waals surface area contributed by atoms with Gasteiger partial charge in [0.25, 0.3) is 0 Å². The van der Waals surface area contributed by atoms with Crippen LogP contribution in [0.15, 0.2) is 57.9 Å². The molecule has 0 aliphatic heterocycles. The van der Waals surface area contributed by atoms with Gasteiger partial charge in [-0.25, -0.2) is 13.1 Å². The largest absolute Gasteiger partial charge is 0.383 e. The Morgan fingerprint density at radius 3 is 2.50 bits per heavy atom. The molecule has 4 nitrogen and oxygen atoms in total. The molecule has 2 aromatic carbocycles. The standard InChI is InChI=1S/C18H22BrNO3S/c1-3-15-12-16(19)9-10-18(15)24(21,22)20-17(13-23-2)11-14-7-5-4-6-8-14/h4-10,12,17,20H,3,11,13H2,1-2H3. The van der Waals surface area contributed by atoms with Gasteiger partial charge in [0.05, 0.1) is 11.5 Å². The lowest BCUT2D eigenvalue weighted by Gasteiger charge is -2.19. The van der Waals surface area contributed by atoms with Gasteiger partial charge in [-0.05, 0) is 42.2 Å². The molecule has 1 atom stereocenters. The molecule has 130 valence electrons. The first-order valence-corrected chi connectivity index (χ1v) is 10.1. The predicted octanol–water partition coefficient (Wildman–Crippen LogP) is 3.55. The Morgan fingerprint density at radius 2 is 1.88 bits per heavy atom. The molecular formula is C18H22BrNO3S. The van der Waals surface area contributed by atoms with Crippen LogP contribution in [0, 0.1) is 0 Å². The summed E-state index contributed by atoms with van der Waals surface area (Å²) in [4.78, 5) is 0.322. The molecule has 2 aromatic rings. The van der Waals surface area contributed by atoms with Gasteiger partial charge in [0.1, 0.15) is 0 Å². The van der Waals surface area contributed by atoms with E-state index in [0.29, 0.717) is 24.3 Å². The fourth-order valence-electron chi connectivity index (χ4n) is 2.60. The van der Waals surface area contributed by atoms with Crippen molar-refractivity contribution in [2.24, 2.45) is 0 Å². The molecule has 0 saturated heterocycles. The molecule has 0 bridgehead atoms. The van der Waals surface area contributed by atoms with Crippen LogP contribution in [0.25, 0.3) is 0 Å². The summed E-state index contributed by atoms with van der Waals surface area (Å²) in [5.74, 6) is 0. The minimum Gasteiger partial charge on any atom is -0.383 e. The molecule has 0 fully saturated rings. The second kappa shape index (κ2) is 8.76. The lowest BCUT2D eigenvalue weighted by Crippen LogP contribution is -2.39. The Labute approximate surface area is 152 Å². The normalized spacial score (nSPS) is 13.0. The molecular weight excluding hydrogens is 390 g/mol. The van der Waals surface area contributed by atoms with E-state index in [0.717, 1.165) is 15.6 Å². The van der Waals surface area contributed by atoms with Gasteiger partial charge in [-0.1, -0.05) is 53.2 Å². The molecule has 0 spiro atoms. The third kappa shape index (κ3) is 5.14. The fourth-order valence-corrected chi connectivity index (χ4v) is 4.53. The Balaban J connectivity index is 2.24. The van der Waals surface area contributed by atoms with E-state index in [1.54, 1.807) is 19.2 Å². The molecule has 0 amide bonds. The molecule has 0 aliphatic rings. The van der Waals surface area contributed by atoms with Crippen molar-refractivity contribution in [2.75, 3.05) is 13.7 Å². The summed E-state index contributed by atoms with van der Waals surface area (Å²) in [5, 5.41) is 0. The fraction of sp³-hybridized carbons (Fsp3) is 0.333. The molecule has 2 rings (SSSR count). The van der Waals surface area contributed by atoms with Crippen LogP contribution >= 0.6 is 15.9 Å². The highest BCUT2D eigenvalue weighted by Gasteiger charge is 2.22. The van der Waals surface area contributed by atoms with Gasteiger partial charge in [-0.15, -0.1) is 0 Å². The Morgan fingerprint density at radius 1 is 1.17 bits per heavy atom. The average Bonchev–Trinajstić information content (AvgIpc) is 2.55. The number of benzene rings is 2. The summed E-state index contributed by atoms with van der Waals surface area (Å²) < 4.78 is 34.5. The van der Waals surface area contributed by atoms with E-state index in [-0.39, 0.29) is 6.04 Å². The molecule has 0 radical (unpaired) electrons. The number of methoxy groups -OCH3 is 1. The number of hydrogen-bond acceptors (Lipinski definition) is 3. The van der Waals surface area contributed by atoms with E-state index in [4.69, 9.17) is 4.74 Å². The Hall–Kier alpha value is -1.21. The van der Waals surface area contributed by atoms with Crippen molar-refractivity contribution in [3.63, 3.8) is 0 Å². The summed E-state index contributed by atoms with van der Waals surface area (Å²) in [6, 6.07) is 14.7. The summed E-state index contributed by atoms with van der Waals surface area (Å²) in [6.07, 6.45) is 1.22. The molecule has 0 saturated carbocycles. The van der Waals surface area contributed by atoms with Crippen LogP contribution in [-0.2, 0) is 27.6 Å². The molecule has 0 heterocycles. The van der Waals surface area contributed by atoms with Crippen molar-refractivity contribution in [1.29, 1.82) is 0 Å². The van der Waals surface area contributed by atoms with Crippen LogP contribution in [0.3, 0.4) is 0 Å². The van der Waals surface area contributed by atoms with Crippen LogP contribution in [0.1, 0.15) is 18.1 Å². The zero-order valence-electron chi connectivity index (χ0n) is 13.8. The van der Waals surface area contributed by atoms with Gasteiger partial charge in [-0.3, -0.25) is 0 Å². The first-order valence-electron chi connectivity index (χ1n) is 7.80. The highest BCUT2D eigenvalue weighted by molar-refractivity contribution is 9.10. The van der Waals surface area contributed by atoms with Crippen molar-refractivity contribution in [3.05, 3.63) is 64.1 Å².